The average molecular weight is 379 g/mol. The van der Waals surface area contributed by atoms with Crippen LogP contribution in [0.3, 0.4) is 0 Å². The van der Waals surface area contributed by atoms with Gasteiger partial charge in [0.05, 0.1) is 18.2 Å². The first-order valence-electron chi connectivity index (χ1n) is 10.5. The molecule has 2 aliphatic heterocycles. The Morgan fingerprint density at radius 3 is 2.68 bits per heavy atom. The molecule has 1 aromatic carbocycles. The Hall–Kier alpha value is -2.23. The molecule has 6 nitrogen and oxygen atoms in total. The molecule has 148 valence electrons. The lowest BCUT2D eigenvalue weighted by atomic mass is 9.96. The maximum absolute atomic E-state index is 9.12. The van der Waals surface area contributed by atoms with Crippen LogP contribution < -0.4 is 0 Å². The molecule has 0 radical (unpaired) electrons. The second-order valence-electron chi connectivity index (χ2n) is 8.26. The third-order valence-corrected chi connectivity index (χ3v) is 6.15. The molecule has 0 unspecified atom stereocenters. The van der Waals surface area contributed by atoms with E-state index in [9.17, 15) is 0 Å². The lowest BCUT2D eigenvalue weighted by molar-refractivity contribution is 0.194. The van der Waals surface area contributed by atoms with Crippen molar-refractivity contribution in [1.82, 2.24) is 24.6 Å². The first kappa shape index (κ1) is 19.1. The molecular formula is C22H30N6. The van der Waals surface area contributed by atoms with Crippen LogP contribution in [0.2, 0.25) is 0 Å². The van der Waals surface area contributed by atoms with Crippen molar-refractivity contribution in [2.75, 3.05) is 26.2 Å². The molecule has 0 N–H and O–H groups in total. The Bertz CT molecular complexity index is 830. The molecule has 2 saturated heterocycles. The number of aromatic nitrogens is 3. The van der Waals surface area contributed by atoms with Crippen LogP contribution in [0.15, 0.2) is 24.3 Å². The standard InChI is InChI=1S/C22H30N6/c1-26-21(17-27-10-3-2-4-11-27)24-25-22(26)20-9-6-12-28(16-20)15-19-8-5-7-18(13-19)14-23/h5,7-8,13,20H,2-4,6,9-12,15-17H2,1H3/t20-/m0/s1. The summed E-state index contributed by atoms with van der Waals surface area (Å²) in [7, 11) is 2.13. The summed E-state index contributed by atoms with van der Waals surface area (Å²) in [5.74, 6) is 2.65. The number of rotatable bonds is 5. The minimum Gasteiger partial charge on any atom is -0.317 e. The van der Waals surface area contributed by atoms with Gasteiger partial charge in [0.15, 0.2) is 0 Å². The third kappa shape index (κ3) is 4.43. The van der Waals surface area contributed by atoms with E-state index >= 15 is 0 Å². The highest BCUT2D eigenvalue weighted by Crippen LogP contribution is 2.27. The van der Waals surface area contributed by atoms with Gasteiger partial charge in [0.2, 0.25) is 0 Å². The SMILES string of the molecule is Cn1c(CN2CCCCC2)nnc1[C@H]1CCCN(Cc2cccc(C#N)c2)C1. The van der Waals surface area contributed by atoms with Crippen molar-refractivity contribution in [2.45, 2.75) is 51.1 Å². The summed E-state index contributed by atoms with van der Waals surface area (Å²) < 4.78 is 2.24. The zero-order chi connectivity index (χ0) is 19.3. The zero-order valence-electron chi connectivity index (χ0n) is 16.8. The van der Waals surface area contributed by atoms with Gasteiger partial charge < -0.3 is 4.57 Å². The molecule has 2 aromatic rings. The number of likely N-dealkylation sites (tertiary alicyclic amines) is 2. The topological polar surface area (TPSA) is 61.0 Å². The van der Waals surface area contributed by atoms with Gasteiger partial charge in [-0.3, -0.25) is 9.80 Å². The van der Waals surface area contributed by atoms with Crippen LogP contribution in [0.4, 0.5) is 0 Å². The molecule has 0 spiro atoms. The summed E-state index contributed by atoms with van der Waals surface area (Å²) in [6.07, 6.45) is 6.31. The summed E-state index contributed by atoms with van der Waals surface area (Å²) in [6.45, 7) is 6.28. The highest BCUT2D eigenvalue weighted by molar-refractivity contribution is 5.32. The van der Waals surface area contributed by atoms with Crippen molar-refractivity contribution in [1.29, 1.82) is 5.26 Å². The molecule has 2 fully saturated rings. The van der Waals surface area contributed by atoms with Gasteiger partial charge in [-0.25, -0.2) is 0 Å². The van der Waals surface area contributed by atoms with Gasteiger partial charge in [0, 0.05) is 26.1 Å². The molecule has 6 heteroatoms. The van der Waals surface area contributed by atoms with Crippen LogP contribution in [-0.2, 0) is 20.1 Å². The summed E-state index contributed by atoms with van der Waals surface area (Å²) in [5.41, 5.74) is 1.95. The van der Waals surface area contributed by atoms with Gasteiger partial charge in [-0.05, 0) is 63.0 Å². The normalized spacial score (nSPS) is 21.5. The Morgan fingerprint density at radius 2 is 1.86 bits per heavy atom. The minimum atomic E-state index is 0.431. The number of nitrogens with zero attached hydrogens (tertiary/aromatic N) is 6. The molecule has 1 aromatic heterocycles. The largest absolute Gasteiger partial charge is 0.317 e. The number of hydrogen-bond acceptors (Lipinski definition) is 5. The van der Waals surface area contributed by atoms with E-state index in [0.29, 0.717) is 5.92 Å². The molecule has 1 atom stereocenters. The molecule has 3 heterocycles. The van der Waals surface area contributed by atoms with Gasteiger partial charge in [-0.15, -0.1) is 10.2 Å². The van der Waals surface area contributed by atoms with Crippen molar-refractivity contribution in [2.24, 2.45) is 7.05 Å². The summed E-state index contributed by atoms with van der Waals surface area (Å²) in [6, 6.07) is 10.2. The van der Waals surface area contributed by atoms with Gasteiger partial charge in [-0.2, -0.15) is 5.26 Å². The fraction of sp³-hybridized carbons (Fsp3) is 0.591. The molecule has 0 aliphatic carbocycles. The van der Waals surface area contributed by atoms with Crippen LogP contribution in [-0.4, -0.2) is 50.7 Å². The monoisotopic (exact) mass is 378 g/mol. The number of nitriles is 1. The smallest absolute Gasteiger partial charge is 0.146 e. The van der Waals surface area contributed by atoms with Gasteiger partial charge >= 0.3 is 0 Å². The Labute approximate surface area is 167 Å². The van der Waals surface area contributed by atoms with E-state index in [1.165, 1.54) is 50.8 Å². The molecule has 4 rings (SSSR count). The predicted octanol–water partition coefficient (Wildman–Crippen LogP) is 3.05. The highest BCUT2D eigenvalue weighted by Gasteiger charge is 2.26. The van der Waals surface area contributed by atoms with Gasteiger partial charge in [-0.1, -0.05) is 18.6 Å². The van der Waals surface area contributed by atoms with E-state index in [4.69, 9.17) is 5.26 Å². The predicted molar refractivity (Wildman–Crippen MR) is 109 cm³/mol. The Kier molecular flexibility index (Phi) is 6.04. The van der Waals surface area contributed by atoms with Crippen LogP contribution in [0, 0.1) is 11.3 Å². The van der Waals surface area contributed by atoms with E-state index < -0.39 is 0 Å². The van der Waals surface area contributed by atoms with E-state index in [1.807, 2.05) is 18.2 Å². The van der Waals surface area contributed by atoms with E-state index in [1.54, 1.807) is 0 Å². The van der Waals surface area contributed by atoms with Crippen LogP contribution in [0.5, 0.6) is 0 Å². The van der Waals surface area contributed by atoms with Crippen LogP contribution >= 0.6 is 0 Å². The third-order valence-electron chi connectivity index (χ3n) is 6.15. The second-order valence-corrected chi connectivity index (χ2v) is 8.26. The molecule has 0 amide bonds. The van der Waals surface area contributed by atoms with Crippen molar-refractivity contribution in [3.8, 4) is 6.07 Å². The maximum Gasteiger partial charge on any atom is 0.146 e. The van der Waals surface area contributed by atoms with E-state index in [2.05, 4.69) is 43.7 Å². The van der Waals surface area contributed by atoms with Crippen molar-refractivity contribution >= 4 is 0 Å². The Morgan fingerprint density at radius 1 is 1.04 bits per heavy atom. The highest BCUT2D eigenvalue weighted by atomic mass is 15.3. The molecule has 0 saturated carbocycles. The number of benzene rings is 1. The molecule has 2 aliphatic rings. The van der Waals surface area contributed by atoms with Crippen LogP contribution in [0.1, 0.15) is 60.8 Å². The van der Waals surface area contributed by atoms with E-state index in [-0.39, 0.29) is 0 Å². The molecular weight excluding hydrogens is 348 g/mol. The van der Waals surface area contributed by atoms with E-state index in [0.717, 1.165) is 43.4 Å². The first-order valence-corrected chi connectivity index (χ1v) is 10.5. The summed E-state index contributed by atoms with van der Waals surface area (Å²) >= 11 is 0. The maximum atomic E-state index is 9.12. The molecule has 28 heavy (non-hydrogen) atoms. The fourth-order valence-electron chi connectivity index (χ4n) is 4.59. The lowest BCUT2D eigenvalue weighted by Crippen LogP contribution is -2.35. The summed E-state index contributed by atoms with van der Waals surface area (Å²) in [5, 5.41) is 18.2. The quantitative estimate of drug-likeness (QED) is 0.800. The van der Waals surface area contributed by atoms with Crippen LogP contribution in [0.25, 0.3) is 0 Å². The zero-order valence-corrected chi connectivity index (χ0v) is 16.8. The molecule has 0 bridgehead atoms. The fourth-order valence-corrected chi connectivity index (χ4v) is 4.59. The first-order chi connectivity index (χ1) is 13.7. The van der Waals surface area contributed by atoms with Gasteiger partial charge in [0.1, 0.15) is 11.6 Å². The average Bonchev–Trinajstić information content (AvgIpc) is 3.09. The minimum absolute atomic E-state index is 0.431. The van der Waals surface area contributed by atoms with Crippen molar-refractivity contribution in [3.63, 3.8) is 0 Å². The number of piperidine rings is 2. The Balaban J connectivity index is 1.41. The van der Waals surface area contributed by atoms with Gasteiger partial charge in [0.25, 0.3) is 0 Å². The number of hydrogen-bond donors (Lipinski definition) is 0. The second kappa shape index (κ2) is 8.85. The van der Waals surface area contributed by atoms with Crippen molar-refractivity contribution < 1.29 is 0 Å². The summed E-state index contributed by atoms with van der Waals surface area (Å²) in [4.78, 5) is 5.00. The lowest BCUT2D eigenvalue weighted by Gasteiger charge is -2.32. The van der Waals surface area contributed by atoms with Crippen molar-refractivity contribution in [3.05, 3.63) is 47.0 Å².